The van der Waals surface area contributed by atoms with Crippen molar-refractivity contribution in [2.45, 2.75) is 129 Å². The zero-order valence-corrected chi connectivity index (χ0v) is 23.6. The number of hydrogen-bond donors (Lipinski definition) is 5. The Balaban J connectivity index is 1.48. The van der Waals surface area contributed by atoms with Crippen LogP contribution in [0.3, 0.4) is 0 Å². The van der Waals surface area contributed by atoms with Crippen LogP contribution in [0.2, 0.25) is 0 Å². The Morgan fingerprint density at radius 2 is 1.70 bits per heavy atom. The van der Waals surface area contributed by atoms with Crippen LogP contribution in [0.5, 0.6) is 0 Å². The minimum absolute atomic E-state index is 0.0273. The molecule has 0 aromatic heterocycles. The summed E-state index contributed by atoms with van der Waals surface area (Å²) < 4.78 is 5.67. The highest BCUT2D eigenvalue weighted by atomic mass is 16.6. The van der Waals surface area contributed by atoms with Gasteiger partial charge in [0.25, 0.3) is 0 Å². The van der Waals surface area contributed by atoms with Crippen LogP contribution in [0, 0.1) is 39.4 Å². The van der Waals surface area contributed by atoms with E-state index in [1.54, 1.807) is 0 Å². The molecule has 1 saturated heterocycles. The van der Waals surface area contributed by atoms with Gasteiger partial charge in [0.1, 0.15) is 17.5 Å². The van der Waals surface area contributed by atoms with Crippen molar-refractivity contribution in [1.29, 1.82) is 0 Å². The van der Waals surface area contributed by atoms with E-state index in [2.05, 4.69) is 40.7 Å². The SMILES string of the molecule is CC(C)(O)C(O)C1CC(O)([C@@H]2CC=C3[C@]4(C)[C@H](O)C[C@H]5C(C)(C)C(=O)CC[C@]5(C)[C@H]4CC[C@]32C)C(O)O1. The summed E-state index contributed by atoms with van der Waals surface area (Å²) in [5, 5.41) is 55.7. The van der Waals surface area contributed by atoms with Crippen molar-refractivity contribution < 1.29 is 35.1 Å². The number of allylic oxidation sites excluding steroid dienone is 1. The Hall–Kier alpha value is -0.830. The molecule has 7 heteroatoms. The third-order valence-electron chi connectivity index (χ3n) is 12.4. The van der Waals surface area contributed by atoms with E-state index in [0.717, 1.165) is 24.8 Å². The highest BCUT2D eigenvalue weighted by Crippen LogP contribution is 2.73. The molecule has 4 unspecified atom stereocenters. The molecule has 37 heavy (non-hydrogen) atoms. The maximum absolute atomic E-state index is 12.9. The largest absolute Gasteiger partial charge is 0.392 e. The van der Waals surface area contributed by atoms with E-state index in [1.165, 1.54) is 13.8 Å². The van der Waals surface area contributed by atoms with Crippen molar-refractivity contribution in [1.82, 2.24) is 0 Å². The highest BCUT2D eigenvalue weighted by Gasteiger charge is 2.70. The predicted molar refractivity (Wildman–Crippen MR) is 138 cm³/mol. The van der Waals surface area contributed by atoms with E-state index in [1.807, 2.05) is 0 Å². The van der Waals surface area contributed by atoms with E-state index < -0.39 is 52.0 Å². The van der Waals surface area contributed by atoms with E-state index in [4.69, 9.17) is 4.74 Å². The normalized spacial score (nSPS) is 52.2. The molecule has 4 aliphatic carbocycles. The Labute approximate surface area is 221 Å². The van der Waals surface area contributed by atoms with Gasteiger partial charge in [0.2, 0.25) is 0 Å². The maximum atomic E-state index is 12.9. The quantitative estimate of drug-likeness (QED) is 0.362. The van der Waals surface area contributed by atoms with Gasteiger partial charge in [-0.05, 0) is 68.6 Å². The lowest BCUT2D eigenvalue weighted by molar-refractivity contribution is -0.220. The standard InChI is InChI=1S/C30H48O7/c1-25(2)20-14-22(32)29(7)17-8-9-19(30(36)15-16(37-24(30)34)23(33)26(3,4)35)27(17,5)12-10-18(29)28(20,6)13-11-21(25)31/h8,16,18-20,22-24,32-36H,9-15H2,1-7H3/t16?,18-,19-,20+,22-,23?,24?,27-,28-,29+,30?/m1/s1. The number of aliphatic hydroxyl groups is 5. The number of ketones is 1. The molecule has 5 N–H and O–H groups in total. The van der Waals surface area contributed by atoms with Crippen molar-refractivity contribution in [3.05, 3.63) is 11.6 Å². The first-order chi connectivity index (χ1) is 16.8. The highest BCUT2D eigenvalue weighted by molar-refractivity contribution is 5.85. The van der Waals surface area contributed by atoms with Gasteiger partial charge in [0.05, 0.1) is 17.8 Å². The summed E-state index contributed by atoms with van der Waals surface area (Å²) in [6.45, 7) is 13.8. The van der Waals surface area contributed by atoms with Crippen molar-refractivity contribution >= 4 is 5.78 Å². The molecule has 11 atom stereocenters. The minimum Gasteiger partial charge on any atom is -0.392 e. The first-order valence-electron chi connectivity index (χ1n) is 14.2. The second-order valence-electron chi connectivity index (χ2n) is 15.0. The number of fused-ring (bicyclic) bond motifs is 5. The predicted octanol–water partition coefficient (Wildman–Crippen LogP) is 3.10. The lowest BCUT2D eigenvalue weighted by Crippen LogP contribution is -2.65. The fourth-order valence-electron chi connectivity index (χ4n) is 10.2. The zero-order chi connectivity index (χ0) is 27.6. The minimum atomic E-state index is -1.58. The number of aliphatic hydroxyl groups excluding tert-OH is 3. The maximum Gasteiger partial charge on any atom is 0.184 e. The van der Waals surface area contributed by atoms with E-state index >= 15 is 0 Å². The van der Waals surface area contributed by atoms with Crippen LogP contribution in [-0.2, 0) is 9.53 Å². The monoisotopic (exact) mass is 520 g/mol. The first kappa shape index (κ1) is 27.7. The molecule has 5 aliphatic rings. The Bertz CT molecular complexity index is 998. The second kappa shape index (κ2) is 8.11. The number of Topliss-reactive ketones (excluding diaryl/α,β-unsaturated/α-hetero) is 1. The second-order valence-corrected chi connectivity index (χ2v) is 15.0. The van der Waals surface area contributed by atoms with Gasteiger partial charge in [-0.1, -0.05) is 46.3 Å². The first-order valence-corrected chi connectivity index (χ1v) is 14.2. The Morgan fingerprint density at radius 1 is 1.05 bits per heavy atom. The average molecular weight is 521 g/mol. The molecule has 0 amide bonds. The topological polar surface area (TPSA) is 127 Å². The molecule has 0 radical (unpaired) electrons. The molecule has 1 heterocycles. The molecule has 7 nitrogen and oxygen atoms in total. The number of carbonyl (C=O) groups excluding carboxylic acids is 1. The van der Waals surface area contributed by atoms with Gasteiger partial charge in [-0.3, -0.25) is 4.79 Å². The van der Waals surface area contributed by atoms with Crippen molar-refractivity contribution in [2.24, 2.45) is 39.4 Å². The van der Waals surface area contributed by atoms with Gasteiger partial charge < -0.3 is 30.3 Å². The van der Waals surface area contributed by atoms with Crippen LogP contribution in [0.4, 0.5) is 0 Å². The van der Waals surface area contributed by atoms with E-state index in [9.17, 15) is 30.3 Å². The lowest BCUT2D eigenvalue weighted by Gasteiger charge is -2.67. The molecular weight excluding hydrogens is 472 g/mol. The Kier molecular flexibility index (Phi) is 6.08. The van der Waals surface area contributed by atoms with Gasteiger partial charge in [-0.25, -0.2) is 0 Å². The molecule has 4 fully saturated rings. The lowest BCUT2D eigenvalue weighted by atomic mass is 9.37. The van der Waals surface area contributed by atoms with Gasteiger partial charge in [-0.15, -0.1) is 0 Å². The fraction of sp³-hybridized carbons (Fsp3) is 0.900. The van der Waals surface area contributed by atoms with Crippen LogP contribution < -0.4 is 0 Å². The van der Waals surface area contributed by atoms with E-state index in [-0.39, 0.29) is 29.6 Å². The summed E-state index contributed by atoms with van der Waals surface area (Å²) >= 11 is 0. The van der Waals surface area contributed by atoms with Gasteiger partial charge in [0, 0.05) is 29.6 Å². The molecule has 0 aromatic rings. The smallest absolute Gasteiger partial charge is 0.184 e. The number of rotatable bonds is 3. The molecule has 5 rings (SSSR count). The number of ether oxygens (including phenoxy) is 1. The van der Waals surface area contributed by atoms with Crippen LogP contribution in [-0.4, -0.2) is 67.1 Å². The summed E-state index contributed by atoms with van der Waals surface area (Å²) in [5.74, 6) is 0.286. The number of carbonyl (C=O) groups is 1. The van der Waals surface area contributed by atoms with Crippen LogP contribution in [0.25, 0.3) is 0 Å². The molecule has 0 aromatic carbocycles. The third kappa shape index (κ3) is 3.50. The van der Waals surface area contributed by atoms with Crippen LogP contribution in [0.15, 0.2) is 11.6 Å². The van der Waals surface area contributed by atoms with E-state index in [0.29, 0.717) is 25.0 Å². The molecule has 3 saturated carbocycles. The summed E-state index contributed by atoms with van der Waals surface area (Å²) in [6.07, 6.45) is 2.23. The molecular formula is C30H48O7. The molecule has 210 valence electrons. The summed E-state index contributed by atoms with van der Waals surface area (Å²) in [7, 11) is 0. The third-order valence-corrected chi connectivity index (χ3v) is 12.4. The number of hydrogen-bond acceptors (Lipinski definition) is 7. The zero-order valence-electron chi connectivity index (χ0n) is 23.6. The van der Waals surface area contributed by atoms with Gasteiger partial charge in [0.15, 0.2) is 6.29 Å². The molecule has 0 bridgehead atoms. The van der Waals surface area contributed by atoms with Gasteiger partial charge in [-0.2, -0.15) is 0 Å². The van der Waals surface area contributed by atoms with Crippen LogP contribution >= 0.6 is 0 Å². The Morgan fingerprint density at radius 3 is 2.32 bits per heavy atom. The average Bonchev–Trinajstić information content (AvgIpc) is 3.30. The van der Waals surface area contributed by atoms with Crippen molar-refractivity contribution in [3.63, 3.8) is 0 Å². The summed E-state index contributed by atoms with van der Waals surface area (Å²) in [6, 6.07) is 0. The fourth-order valence-corrected chi connectivity index (χ4v) is 10.2. The molecule has 1 aliphatic heterocycles. The molecule has 0 spiro atoms. The van der Waals surface area contributed by atoms with Gasteiger partial charge >= 0.3 is 0 Å². The summed E-state index contributed by atoms with van der Waals surface area (Å²) in [5.41, 5.74) is -3.33. The van der Waals surface area contributed by atoms with Crippen LogP contribution in [0.1, 0.15) is 93.4 Å². The summed E-state index contributed by atoms with van der Waals surface area (Å²) in [4.78, 5) is 12.9. The van der Waals surface area contributed by atoms with Crippen molar-refractivity contribution in [3.8, 4) is 0 Å². The van der Waals surface area contributed by atoms with Crippen molar-refractivity contribution in [2.75, 3.05) is 0 Å².